The topological polar surface area (TPSA) is 82.1 Å². The van der Waals surface area contributed by atoms with E-state index in [1.807, 2.05) is 7.05 Å². The quantitative estimate of drug-likeness (QED) is 0.779. The van der Waals surface area contributed by atoms with E-state index in [9.17, 15) is 14.7 Å². The largest absolute Gasteiger partial charge is 0.481 e. The van der Waals surface area contributed by atoms with E-state index in [4.69, 9.17) is 4.74 Å². The number of amides is 2. The number of likely N-dealkylation sites (tertiary alicyclic amines) is 1. The van der Waals surface area contributed by atoms with E-state index >= 15 is 0 Å². The van der Waals surface area contributed by atoms with Crippen molar-refractivity contribution >= 4 is 12.0 Å². The Bertz CT molecular complexity index is 404. The standard InChI is InChI=1S/C14H25N3O4/c1-14(12(18)19)4-3-5-17(10-14)13(20)15-8-11-9-16(2)6-7-21-11/h11H,3-10H2,1-2H3,(H,15,20)(H,18,19). The lowest BCUT2D eigenvalue weighted by atomic mass is 9.82. The maximum atomic E-state index is 12.2. The van der Waals surface area contributed by atoms with Gasteiger partial charge in [-0.15, -0.1) is 0 Å². The zero-order valence-electron chi connectivity index (χ0n) is 12.8. The van der Waals surface area contributed by atoms with Crippen molar-refractivity contribution in [1.82, 2.24) is 15.1 Å². The average Bonchev–Trinajstić information content (AvgIpc) is 2.45. The fourth-order valence-electron chi connectivity index (χ4n) is 2.89. The molecule has 120 valence electrons. The van der Waals surface area contributed by atoms with Gasteiger partial charge in [0.05, 0.1) is 18.1 Å². The third kappa shape index (κ3) is 4.07. The number of morpholine rings is 1. The summed E-state index contributed by atoms with van der Waals surface area (Å²) in [5.74, 6) is -0.836. The highest BCUT2D eigenvalue weighted by Gasteiger charge is 2.39. The molecular weight excluding hydrogens is 274 g/mol. The summed E-state index contributed by atoms with van der Waals surface area (Å²) in [4.78, 5) is 27.3. The number of carbonyl (C=O) groups excluding carboxylic acids is 1. The van der Waals surface area contributed by atoms with Crippen LogP contribution in [0.25, 0.3) is 0 Å². The van der Waals surface area contributed by atoms with Crippen LogP contribution in [0.3, 0.4) is 0 Å². The van der Waals surface area contributed by atoms with E-state index < -0.39 is 11.4 Å². The van der Waals surface area contributed by atoms with Crippen molar-refractivity contribution in [3.63, 3.8) is 0 Å². The first-order chi connectivity index (χ1) is 9.90. The van der Waals surface area contributed by atoms with Crippen LogP contribution in [0.5, 0.6) is 0 Å². The number of urea groups is 1. The molecule has 7 heteroatoms. The van der Waals surface area contributed by atoms with Crippen molar-refractivity contribution in [3.05, 3.63) is 0 Å². The second-order valence-corrected chi connectivity index (χ2v) is 6.33. The highest BCUT2D eigenvalue weighted by molar-refractivity contribution is 5.78. The van der Waals surface area contributed by atoms with Gasteiger partial charge in [-0.05, 0) is 26.8 Å². The number of hydrogen-bond acceptors (Lipinski definition) is 4. The van der Waals surface area contributed by atoms with Gasteiger partial charge in [0, 0.05) is 32.7 Å². The van der Waals surface area contributed by atoms with Crippen LogP contribution in [0.4, 0.5) is 4.79 Å². The summed E-state index contributed by atoms with van der Waals surface area (Å²) in [6.07, 6.45) is 1.34. The molecule has 0 saturated carbocycles. The first-order valence-electron chi connectivity index (χ1n) is 7.47. The van der Waals surface area contributed by atoms with Crippen molar-refractivity contribution in [2.45, 2.75) is 25.9 Å². The van der Waals surface area contributed by atoms with E-state index in [1.165, 1.54) is 0 Å². The van der Waals surface area contributed by atoms with Crippen LogP contribution in [0.15, 0.2) is 0 Å². The van der Waals surface area contributed by atoms with Crippen molar-refractivity contribution in [2.75, 3.05) is 46.4 Å². The number of likely N-dealkylation sites (N-methyl/N-ethyl adjacent to an activating group) is 1. The van der Waals surface area contributed by atoms with Crippen molar-refractivity contribution in [3.8, 4) is 0 Å². The number of nitrogens with one attached hydrogen (secondary N) is 1. The van der Waals surface area contributed by atoms with Crippen molar-refractivity contribution in [1.29, 1.82) is 0 Å². The Morgan fingerprint density at radius 3 is 2.86 bits per heavy atom. The fraction of sp³-hybridized carbons (Fsp3) is 0.857. The molecule has 2 unspecified atom stereocenters. The third-order valence-corrected chi connectivity index (χ3v) is 4.32. The fourth-order valence-corrected chi connectivity index (χ4v) is 2.89. The molecule has 2 rings (SSSR count). The van der Waals surface area contributed by atoms with Crippen LogP contribution in [0.1, 0.15) is 19.8 Å². The van der Waals surface area contributed by atoms with Gasteiger partial charge >= 0.3 is 12.0 Å². The summed E-state index contributed by atoms with van der Waals surface area (Å²) in [5.41, 5.74) is -0.836. The van der Waals surface area contributed by atoms with Crippen LogP contribution >= 0.6 is 0 Å². The molecule has 2 heterocycles. The first kappa shape index (κ1) is 16.0. The smallest absolute Gasteiger partial charge is 0.317 e. The van der Waals surface area contributed by atoms with Gasteiger partial charge in [-0.1, -0.05) is 0 Å². The van der Waals surface area contributed by atoms with Crippen LogP contribution in [0, 0.1) is 5.41 Å². The lowest BCUT2D eigenvalue weighted by Gasteiger charge is -2.38. The molecule has 0 spiro atoms. The Kier molecular flexibility index (Phi) is 5.05. The summed E-state index contributed by atoms with van der Waals surface area (Å²) in [6, 6.07) is -0.195. The second kappa shape index (κ2) is 6.62. The minimum absolute atomic E-state index is 0.00310. The van der Waals surface area contributed by atoms with Gasteiger partial charge in [0.25, 0.3) is 0 Å². The van der Waals surface area contributed by atoms with Gasteiger partial charge in [-0.2, -0.15) is 0 Å². The predicted octanol–water partition coefficient (Wildman–Crippen LogP) is 0.213. The minimum Gasteiger partial charge on any atom is -0.481 e. The SMILES string of the molecule is CN1CCOC(CNC(=O)N2CCCC(C)(C(=O)O)C2)C1. The maximum Gasteiger partial charge on any atom is 0.317 e. The van der Waals surface area contributed by atoms with Crippen LogP contribution in [-0.4, -0.2) is 79.4 Å². The van der Waals surface area contributed by atoms with Crippen LogP contribution in [-0.2, 0) is 9.53 Å². The molecule has 0 aromatic heterocycles. The highest BCUT2D eigenvalue weighted by Crippen LogP contribution is 2.29. The summed E-state index contributed by atoms with van der Waals surface area (Å²) in [6.45, 7) is 5.43. The molecular formula is C14H25N3O4. The molecule has 7 nitrogen and oxygen atoms in total. The van der Waals surface area contributed by atoms with Gasteiger partial charge in [0.1, 0.15) is 0 Å². The van der Waals surface area contributed by atoms with Gasteiger partial charge in [0.2, 0.25) is 0 Å². The van der Waals surface area contributed by atoms with E-state index in [2.05, 4.69) is 10.2 Å². The first-order valence-corrected chi connectivity index (χ1v) is 7.47. The lowest BCUT2D eigenvalue weighted by molar-refractivity contribution is -0.150. The Hall–Kier alpha value is -1.34. The maximum absolute atomic E-state index is 12.2. The third-order valence-electron chi connectivity index (χ3n) is 4.32. The molecule has 2 fully saturated rings. The number of rotatable bonds is 3. The Morgan fingerprint density at radius 1 is 1.43 bits per heavy atom. The van der Waals surface area contributed by atoms with E-state index in [1.54, 1.807) is 11.8 Å². The molecule has 21 heavy (non-hydrogen) atoms. The molecule has 2 saturated heterocycles. The van der Waals surface area contributed by atoms with Crippen LogP contribution < -0.4 is 5.32 Å². The second-order valence-electron chi connectivity index (χ2n) is 6.33. The number of carbonyl (C=O) groups is 2. The molecule has 0 bridgehead atoms. The number of ether oxygens (including phenoxy) is 1. The Labute approximate surface area is 125 Å². The molecule has 2 aliphatic heterocycles. The zero-order valence-corrected chi connectivity index (χ0v) is 12.8. The van der Waals surface area contributed by atoms with Gasteiger partial charge in [-0.25, -0.2) is 4.79 Å². The van der Waals surface area contributed by atoms with Gasteiger partial charge in [0.15, 0.2) is 0 Å². The molecule has 2 aliphatic rings. The summed E-state index contributed by atoms with van der Waals surface area (Å²) >= 11 is 0. The highest BCUT2D eigenvalue weighted by atomic mass is 16.5. The number of hydrogen-bond donors (Lipinski definition) is 2. The molecule has 2 atom stereocenters. The summed E-state index contributed by atoms with van der Waals surface area (Å²) in [5, 5.41) is 12.1. The molecule has 2 N–H and O–H groups in total. The summed E-state index contributed by atoms with van der Waals surface area (Å²) < 4.78 is 5.60. The lowest BCUT2D eigenvalue weighted by Crippen LogP contribution is -2.53. The zero-order chi connectivity index (χ0) is 15.5. The molecule has 0 aromatic carbocycles. The predicted molar refractivity (Wildman–Crippen MR) is 77.2 cm³/mol. The van der Waals surface area contributed by atoms with Crippen molar-refractivity contribution in [2.24, 2.45) is 5.41 Å². The van der Waals surface area contributed by atoms with Crippen LogP contribution in [0.2, 0.25) is 0 Å². The summed E-state index contributed by atoms with van der Waals surface area (Å²) in [7, 11) is 2.03. The van der Waals surface area contributed by atoms with Gasteiger partial charge in [-0.3, -0.25) is 4.79 Å². The minimum atomic E-state index is -0.836. The normalized spacial score (nSPS) is 31.0. The number of nitrogens with zero attached hydrogens (tertiary/aromatic N) is 2. The Balaban J connectivity index is 1.81. The number of piperidine rings is 1. The number of carboxylic acids is 1. The van der Waals surface area contributed by atoms with Gasteiger partial charge < -0.3 is 25.0 Å². The van der Waals surface area contributed by atoms with Crippen molar-refractivity contribution < 1.29 is 19.4 Å². The molecule has 2 amide bonds. The van der Waals surface area contributed by atoms with E-state index in [0.29, 0.717) is 26.1 Å². The average molecular weight is 299 g/mol. The number of carboxylic acid groups (broad SMARTS) is 1. The number of aliphatic carboxylic acids is 1. The molecule has 0 aliphatic carbocycles. The molecule has 0 radical (unpaired) electrons. The Morgan fingerprint density at radius 2 is 2.19 bits per heavy atom. The monoisotopic (exact) mass is 299 g/mol. The van der Waals surface area contributed by atoms with E-state index in [0.717, 1.165) is 19.5 Å². The molecule has 0 aromatic rings. The van der Waals surface area contributed by atoms with E-state index in [-0.39, 0.29) is 18.7 Å².